The zero-order valence-corrected chi connectivity index (χ0v) is 23.1. The molecule has 1 unspecified atom stereocenters. The van der Waals surface area contributed by atoms with E-state index >= 15 is 0 Å². The fraction of sp³-hybridized carbons (Fsp3) is 0.0625. The maximum atomic E-state index is 10.4. The smallest absolute Gasteiger partial charge is 0.127 e. The molecule has 0 aliphatic heterocycles. The number of hydrogen-bond acceptors (Lipinski definition) is 4. The minimum atomic E-state index is 0. The quantitative estimate of drug-likeness (QED) is 0.187. The third-order valence-corrected chi connectivity index (χ3v) is 7.53. The Kier molecular flexibility index (Phi) is 7.32. The summed E-state index contributed by atoms with van der Waals surface area (Å²) in [6, 6.07) is 38.1. The number of para-hydroxylation sites is 2. The number of pyridine rings is 1. The Morgan fingerprint density at radius 3 is 2.27 bits per heavy atom. The van der Waals surface area contributed by atoms with Crippen LogP contribution in [0.2, 0.25) is 0 Å². The molecule has 5 heteroatoms. The van der Waals surface area contributed by atoms with E-state index in [-0.39, 0.29) is 32.7 Å². The second-order valence-corrected chi connectivity index (χ2v) is 9.81. The topological polar surface area (TPSA) is 46.0 Å². The third kappa shape index (κ3) is 5.00. The van der Waals surface area contributed by atoms with Crippen LogP contribution in [0.3, 0.4) is 0 Å². The van der Waals surface area contributed by atoms with Crippen LogP contribution in [0.15, 0.2) is 109 Å². The van der Waals surface area contributed by atoms with E-state index < -0.39 is 0 Å². The van der Waals surface area contributed by atoms with E-state index in [1.807, 2.05) is 48.7 Å². The average Bonchev–Trinajstić information content (AvgIpc) is 3.38. The molecular formula is C32H23N2OPtS-. The Balaban J connectivity index is 0.00000280. The van der Waals surface area contributed by atoms with Gasteiger partial charge in [-0.05, 0) is 35.7 Å². The SMILES string of the molecule is CC(c1ccccc1)c1cc(-c2ccccn2)[c-]c(-c2cccc3sc(-c4ccccc4O)nc23)c1.[Pt]. The van der Waals surface area contributed by atoms with Gasteiger partial charge in [-0.2, -0.15) is 0 Å². The van der Waals surface area contributed by atoms with Crippen molar-refractivity contribution < 1.29 is 26.2 Å². The number of aromatic nitrogens is 2. The number of benzene rings is 4. The maximum absolute atomic E-state index is 10.4. The number of fused-ring (bicyclic) bond motifs is 1. The first-order valence-corrected chi connectivity index (χ1v) is 12.7. The van der Waals surface area contributed by atoms with Gasteiger partial charge in [0, 0.05) is 37.7 Å². The van der Waals surface area contributed by atoms with Crippen molar-refractivity contribution in [2.24, 2.45) is 0 Å². The van der Waals surface area contributed by atoms with Crippen LogP contribution in [0, 0.1) is 6.07 Å². The third-order valence-electron chi connectivity index (χ3n) is 6.48. The zero-order chi connectivity index (χ0) is 24.5. The van der Waals surface area contributed by atoms with Gasteiger partial charge >= 0.3 is 0 Å². The number of phenols is 1. The van der Waals surface area contributed by atoms with Gasteiger partial charge in [0.05, 0.1) is 11.1 Å². The number of thiazole rings is 1. The molecule has 2 heterocycles. The van der Waals surface area contributed by atoms with E-state index in [4.69, 9.17) is 4.98 Å². The summed E-state index contributed by atoms with van der Waals surface area (Å²) in [5, 5.41) is 11.2. The molecule has 0 saturated carbocycles. The van der Waals surface area contributed by atoms with E-state index in [0.717, 1.165) is 43.2 Å². The summed E-state index contributed by atoms with van der Waals surface area (Å²) in [7, 11) is 0. The van der Waals surface area contributed by atoms with Crippen LogP contribution in [-0.2, 0) is 21.1 Å². The summed E-state index contributed by atoms with van der Waals surface area (Å²) in [5.74, 6) is 0.439. The molecule has 184 valence electrons. The van der Waals surface area contributed by atoms with Crippen molar-refractivity contribution in [2.45, 2.75) is 12.8 Å². The van der Waals surface area contributed by atoms with Gasteiger partial charge in [0.1, 0.15) is 10.8 Å². The van der Waals surface area contributed by atoms with E-state index in [1.165, 1.54) is 11.1 Å². The largest absolute Gasteiger partial charge is 0.507 e. The minimum Gasteiger partial charge on any atom is -0.507 e. The molecular weight excluding hydrogens is 656 g/mol. The normalized spacial score (nSPS) is 11.7. The molecule has 37 heavy (non-hydrogen) atoms. The van der Waals surface area contributed by atoms with E-state index in [1.54, 1.807) is 17.4 Å². The number of aromatic hydroxyl groups is 1. The van der Waals surface area contributed by atoms with Gasteiger partial charge in [0.15, 0.2) is 0 Å². The second-order valence-electron chi connectivity index (χ2n) is 8.78. The van der Waals surface area contributed by atoms with Crippen LogP contribution in [0.1, 0.15) is 24.0 Å². The standard InChI is InChI=1S/C32H23N2OS.Pt/c1-21(22-10-3-2-4-11-22)23-18-24(20-25(19-23)28-14-7-8-17-33-28)26-13-9-16-30-31(26)34-32(36-30)27-12-5-6-15-29(27)35;/h2-19,21,35H,1H3;/q-1;. The molecule has 1 N–H and O–H groups in total. The number of phenolic OH excluding ortho intramolecular Hbond substituents is 1. The van der Waals surface area contributed by atoms with E-state index in [9.17, 15) is 5.11 Å². The van der Waals surface area contributed by atoms with Gasteiger partial charge in [-0.25, -0.2) is 4.98 Å². The van der Waals surface area contributed by atoms with Crippen molar-refractivity contribution in [1.82, 2.24) is 9.97 Å². The van der Waals surface area contributed by atoms with Crippen LogP contribution in [0.4, 0.5) is 0 Å². The van der Waals surface area contributed by atoms with Crippen LogP contribution < -0.4 is 0 Å². The molecule has 0 fully saturated rings. The molecule has 0 aliphatic carbocycles. The zero-order valence-electron chi connectivity index (χ0n) is 20.0. The molecule has 0 aliphatic rings. The Labute approximate surface area is 234 Å². The maximum Gasteiger partial charge on any atom is 0.127 e. The molecule has 6 aromatic rings. The van der Waals surface area contributed by atoms with Crippen LogP contribution in [-0.4, -0.2) is 15.1 Å². The van der Waals surface area contributed by atoms with Gasteiger partial charge in [-0.3, -0.25) is 4.98 Å². The van der Waals surface area contributed by atoms with Crippen molar-refractivity contribution in [1.29, 1.82) is 0 Å². The summed E-state index contributed by atoms with van der Waals surface area (Å²) in [4.78, 5) is 9.58. The Hall–Kier alpha value is -3.59. The minimum absolute atomic E-state index is 0. The van der Waals surface area contributed by atoms with Crippen molar-refractivity contribution in [3.05, 3.63) is 127 Å². The van der Waals surface area contributed by atoms with Crippen LogP contribution in [0.25, 0.3) is 43.2 Å². The van der Waals surface area contributed by atoms with Crippen LogP contribution >= 0.6 is 11.3 Å². The Morgan fingerprint density at radius 1 is 0.757 bits per heavy atom. The number of nitrogens with zero attached hydrogens (tertiary/aromatic N) is 2. The van der Waals surface area contributed by atoms with Gasteiger partial charge in [0.2, 0.25) is 0 Å². The Morgan fingerprint density at radius 2 is 1.49 bits per heavy atom. The average molecular weight is 679 g/mol. The molecule has 0 spiro atoms. The first-order chi connectivity index (χ1) is 17.7. The number of hydrogen-bond donors (Lipinski definition) is 1. The van der Waals surface area contributed by atoms with E-state index in [0.29, 0.717) is 0 Å². The van der Waals surface area contributed by atoms with Crippen molar-refractivity contribution in [3.63, 3.8) is 0 Å². The van der Waals surface area contributed by atoms with Gasteiger partial charge in [-0.15, -0.1) is 40.7 Å². The summed E-state index contributed by atoms with van der Waals surface area (Å²) in [5.41, 5.74) is 7.96. The summed E-state index contributed by atoms with van der Waals surface area (Å²) in [6.07, 6.45) is 1.82. The summed E-state index contributed by atoms with van der Waals surface area (Å²) < 4.78 is 1.07. The van der Waals surface area contributed by atoms with E-state index in [2.05, 4.69) is 72.6 Å². The predicted octanol–water partition coefficient (Wildman–Crippen LogP) is 8.35. The van der Waals surface area contributed by atoms with Gasteiger partial charge < -0.3 is 5.11 Å². The van der Waals surface area contributed by atoms with Crippen LogP contribution in [0.5, 0.6) is 5.75 Å². The second kappa shape index (κ2) is 10.8. The first kappa shape index (κ1) is 25.1. The Bertz CT molecular complexity index is 1670. The van der Waals surface area contributed by atoms with Gasteiger partial charge in [0.25, 0.3) is 0 Å². The molecule has 2 aromatic heterocycles. The number of rotatable bonds is 5. The monoisotopic (exact) mass is 678 g/mol. The molecule has 0 radical (unpaired) electrons. The fourth-order valence-electron chi connectivity index (χ4n) is 4.52. The molecule has 0 saturated heterocycles. The summed E-state index contributed by atoms with van der Waals surface area (Å²) in [6.45, 7) is 2.23. The van der Waals surface area contributed by atoms with Gasteiger partial charge in [-0.1, -0.05) is 84.8 Å². The molecule has 4 aromatic carbocycles. The first-order valence-electron chi connectivity index (χ1n) is 11.9. The molecule has 3 nitrogen and oxygen atoms in total. The predicted molar refractivity (Wildman–Crippen MR) is 148 cm³/mol. The van der Waals surface area contributed by atoms with Crippen molar-refractivity contribution in [3.8, 4) is 38.7 Å². The van der Waals surface area contributed by atoms with Crippen molar-refractivity contribution >= 4 is 21.6 Å². The summed E-state index contributed by atoms with van der Waals surface area (Å²) >= 11 is 1.58. The molecule has 6 rings (SSSR count). The van der Waals surface area contributed by atoms with Crippen molar-refractivity contribution in [2.75, 3.05) is 0 Å². The molecule has 0 amide bonds. The fourth-order valence-corrected chi connectivity index (χ4v) is 5.54. The molecule has 1 atom stereocenters. The molecule has 0 bridgehead atoms.